The van der Waals surface area contributed by atoms with Crippen molar-refractivity contribution in [1.29, 1.82) is 0 Å². The van der Waals surface area contributed by atoms with Crippen molar-refractivity contribution in [3.8, 4) is 0 Å². The number of hydrogen-bond donors (Lipinski definition) is 0. The lowest BCUT2D eigenvalue weighted by atomic mass is 9.97. The van der Waals surface area contributed by atoms with E-state index >= 15 is 0 Å². The molecule has 1 aliphatic rings. The summed E-state index contributed by atoms with van der Waals surface area (Å²) in [7, 11) is 0. The standard InChI is InChI=1S/C16H25N5O/c1-11-16(12(2)22-19-11)10-20-7-5-6-15(8-20)9-21-14(4)17-13(3)18-21/h15H,5-10H2,1-4H3/t15-/m1/s1. The zero-order valence-corrected chi connectivity index (χ0v) is 14.0. The summed E-state index contributed by atoms with van der Waals surface area (Å²) in [5.74, 6) is 3.46. The van der Waals surface area contributed by atoms with Crippen LogP contribution in [-0.4, -0.2) is 37.9 Å². The quantitative estimate of drug-likeness (QED) is 0.868. The van der Waals surface area contributed by atoms with Gasteiger partial charge in [0.1, 0.15) is 17.4 Å². The first-order valence-corrected chi connectivity index (χ1v) is 8.05. The molecule has 0 unspecified atom stereocenters. The number of aromatic nitrogens is 4. The predicted octanol–water partition coefficient (Wildman–Crippen LogP) is 2.41. The highest BCUT2D eigenvalue weighted by atomic mass is 16.5. The molecular weight excluding hydrogens is 278 g/mol. The highest BCUT2D eigenvalue weighted by Crippen LogP contribution is 2.22. The van der Waals surface area contributed by atoms with E-state index in [1.54, 1.807) is 0 Å². The molecule has 0 bridgehead atoms. The van der Waals surface area contributed by atoms with Crippen molar-refractivity contribution < 1.29 is 4.52 Å². The Balaban J connectivity index is 1.63. The fraction of sp³-hybridized carbons (Fsp3) is 0.688. The third-order valence-electron chi connectivity index (χ3n) is 4.56. The number of piperidine rings is 1. The summed E-state index contributed by atoms with van der Waals surface area (Å²) >= 11 is 0. The van der Waals surface area contributed by atoms with E-state index in [0.29, 0.717) is 5.92 Å². The molecule has 1 atom stereocenters. The maximum Gasteiger partial charge on any atom is 0.147 e. The first-order chi connectivity index (χ1) is 10.5. The first kappa shape index (κ1) is 15.2. The minimum absolute atomic E-state index is 0.633. The number of aryl methyl sites for hydroxylation is 4. The molecule has 0 aliphatic carbocycles. The van der Waals surface area contributed by atoms with Crippen LogP contribution < -0.4 is 0 Å². The predicted molar refractivity (Wildman–Crippen MR) is 83.5 cm³/mol. The van der Waals surface area contributed by atoms with E-state index in [1.807, 2.05) is 27.7 Å². The van der Waals surface area contributed by atoms with Gasteiger partial charge in [0.2, 0.25) is 0 Å². The van der Waals surface area contributed by atoms with E-state index in [1.165, 1.54) is 18.4 Å². The summed E-state index contributed by atoms with van der Waals surface area (Å²) in [4.78, 5) is 6.91. The normalized spacial score (nSPS) is 19.7. The molecule has 0 radical (unpaired) electrons. The molecule has 0 N–H and O–H groups in total. The summed E-state index contributed by atoms with van der Waals surface area (Å²) < 4.78 is 7.33. The second kappa shape index (κ2) is 6.20. The second-order valence-corrected chi connectivity index (χ2v) is 6.43. The second-order valence-electron chi connectivity index (χ2n) is 6.43. The van der Waals surface area contributed by atoms with Crippen molar-refractivity contribution >= 4 is 0 Å². The van der Waals surface area contributed by atoms with Gasteiger partial charge >= 0.3 is 0 Å². The van der Waals surface area contributed by atoms with E-state index in [9.17, 15) is 0 Å². The Morgan fingerprint density at radius 1 is 1.23 bits per heavy atom. The molecule has 2 aromatic heterocycles. The Morgan fingerprint density at radius 3 is 2.68 bits per heavy atom. The first-order valence-electron chi connectivity index (χ1n) is 8.05. The van der Waals surface area contributed by atoms with Crippen LogP contribution in [0.2, 0.25) is 0 Å². The molecule has 6 heteroatoms. The van der Waals surface area contributed by atoms with Gasteiger partial charge in [-0.3, -0.25) is 4.90 Å². The van der Waals surface area contributed by atoms with Gasteiger partial charge in [-0.25, -0.2) is 9.67 Å². The van der Waals surface area contributed by atoms with Crippen LogP contribution in [0.5, 0.6) is 0 Å². The molecule has 2 aromatic rings. The number of nitrogens with zero attached hydrogens (tertiary/aromatic N) is 5. The zero-order valence-electron chi connectivity index (χ0n) is 14.0. The molecule has 6 nitrogen and oxygen atoms in total. The molecule has 120 valence electrons. The van der Waals surface area contributed by atoms with Crippen LogP contribution in [0.1, 0.15) is 41.5 Å². The highest BCUT2D eigenvalue weighted by Gasteiger charge is 2.23. The van der Waals surface area contributed by atoms with E-state index in [2.05, 4.69) is 24.8 Å². The van der Waals surface area contributed by atoms with Crippen molar-refractivity contribution in [1.82, 2.24) is 24.8 Å². The molecule has 0 spiro atoms. The van der Waals surface area contributed by atoms with Crippen LogP contribution in [0.3, 0.4) is 0 Å². The zero-order chi connectivity index (χ0) is 15.7. The summed E-state index contributed by atoms with van der Waals surface area (Å²) in [5, 5.41) is 8.55. The third kappa shape index (κ3) is 3.21. The van der Waals surface area contributed by atoms with E-state index in [-0.39, 0.29) is 0 Å². The van der Waals surface area contributed by atoms with Crippen molar-refractivity contribution in [3.63, 3.8) is 0 Å². The lowest BCUT2D eigenvalue weighted by molar-refractivity contribution is 0.152. The molecule has 3 heterocycles. The lowest BCUT2D eigenvalue weighted by Crippen LogP contribution is -2.37. The Bertz CT molecular complexity index is 626. The number of hydrogen-bond acceptors (Lipinski definition) is 5. The summed E-state index contributed by atoms with van der Waals surface area (Å²) in [6, 6.07) is 0. The fourth-order valence-corrected chi connectivity index (χ4v) is 3.37. The van der Waals surface area contributed by atoms with Crippen LogP contribution in [0, 0.1) is 33.6 Å². The van der Waals surface area contributed by atoms with Crippen LogP contribution in [0.25, 0.3) is 0 Å². The molecule has 1 aliphatic heterocycles. The van der Waals surface area contributed by atoms with Crippen LogP contribution >= 0.6 is 0 Å². The van der Waals surface area contributed by atoms with Gasteiger partial charge < -0.3 is 4.52 Å². The van der Waals surface area contributed by atoms with Gasteiger partial charge in [-0.05, 0) is 53.0 Å². The minimum Gasteiger partial charge on any atom is -0.361 e. The van der Waals surface area contributed by atoms with Gasteiger partial charge in [-0.1, -0.05) is 5.16 Å². The van der Waals surface area contributed by atoms with Crippen LogP contribution in [-0.2, 0) is 13.1 Å². The Kier molecular flexibility index (Phi) is 4.29. The van der Waals surface area contributed by atoms with Gasteiger partial charge in [-0.2, -0.15) is 5.10 Å². The number of rotatable bonds is 4. The van der Waals surface area contributed by atoms with Crippen molar-refractivity contribution in [2.75, 3.05) is 13.1 Å². The maximum absolute atomic E-state index is 5.28. The van der Waals surface area contributed by atoms with Crippen LogP contribution in [0.4, 0.5) is 0 Å². The molecular formula is C16H25N5O. The molecule has 1 saturated heterocycles. The lowest BCUT2D eigenvalue weighted by Gasteiger charge is -2.32. The van der Waals surface area contributed by atoms with E-state index in [0.717, 1.165) is 49.3 Å². The smallest absolute Gasteiger partial charge is 0.147 e. The Morgan fingerprint density at radius 2 is 2.05 bits per heavy atom. The van der Waals surface area contributed by atoms with Crippen molar-refractivity contribution in [2.24, 2.45) is 5.92 Å². The third-order valence-corrected chi connectivity index (χ3v) is 4.56. The number of likely N-dealkylation sites (tertiary alicyclic amines) is 1. The molecule has 0 amide bonds. The van der Waals surface area contributed by atoms with Gasteiger partial charge in [0.05, 0.1) is 5.69 Å². The van der Waals surface area contributed by atoms with Crippen LogP contribution in [0.15, 0.2) is 4.52 Å². The Labute approximate surface area is 131 Å². The van der Waals surface area contributed by atoms with Gasteiger partial charge in [0.15, 0.2) is 0 Å². The summed E-state index contributed by atoms with van der Waals surface area (Å²) in [5.41, 5.74) is 2.26. The SMILES string of the molecule is Cc1nc(C)n(C[C@@H]2CCCN(Cc3c(C)noc3C)C2)n1. The van der Waals surface area contributed by atoms with E-state index < -0.39 is 0 Å². The minimum atomic E-state index is 0.633. The Hall–Kier alpha value is -1.69. The molecule has 0 aromatic carbocycles. The molecule has 22 heavy (non-hydrogen) atoms. The summed E-state index contributed by atoms with van der Waals surface area (Å²) in [6.45, 7) is 12.2. The largest absolute Gasteiger partial charge is 0.361 e. The van der Waals surface area contributed by atoms with E-state index in [4.69, 9.17) is 4.52 Å². The van der Waals surface area contributed by atoms with Gasteiger partial charge in [0.25, 0.3) is 0 Å². The van der Waals surface area contributed by atoms with Crippen molar-refractivity contribution in [3.05, 3.63) is 28.7 Å². The molecule has 3 rings (SSSR count). The molecule has 0 saturated carbocycles. The highest BCUT2D eigenvalue weighted by molar-refractivity contribution is 5.20. The monoisotopic (exact) mass is 303 g/mol. The average molecular weight is 303 g/mol. The summed E-state index contributed by atoms with van der Waals surface area (Å²) in [6.07, 6.45) is 2.50. The average Bonchev–Trinajstić information content (AvgIpc) is 2.95. The van der Waals surface area contributed by atoms with Gasteiger partial charge in [-0.15, -0.1) is 0 Å². The molecule has 1 fully saturated rings. The fourth-order valence-electron chi connectivity index (χ4n) is 3.37. The van der Waals surface area contributed by atoms with Crippen molar-refractivity contribution in [2.45, 2.75) is 53.6 Å². The maximum atomic E-state index is 5.28. The van der Waals surface area contributed by atoms with Gasteiger partial charge in [0, 0.05) is 25.2 Å². The topological polar surface area (TPSA) is 60.0 Å².